The summed E-state index contributed by atoms with van der Waals surface area (Å²) < 4.78 is 0. The number of nitrogens with one attached hydrogen (secondary N) is 2. The van der Waals surface area contributed by atoms with Gasteiger partial charge in [0.15, 0.2) is 0 Å². The first-order valence-electron chi connectivity index (χ1n) is 10.4. The molecule has 4 amide bonds. The van der Waals surface area contributed by atoms with Gasteiger partial charge in [0, 0.05) is 56.6 Å². The Bertz CT molecular complexity index is 705. The molecule has 9 nitrogen and oxygen atoms in total. The Kier molecular flexibility index (Phi) is 7.37. The van der Waals surface area contributed by atoms with Crippen molar-refractivity contribution in [2.24, 2.45) is 17.6 Å². The lowest BCUT2D eigenvalue weighted by atomic mass is 9.85. The Hall–Kier alpha value is -2.71. The van der Waals surface area contributed by atoms with Crippen molar-refractivity contribution in [2.45, 2.75) is 51.0 Å². The van der Waals surface area contributed by atoms with Crippen LogP contribution in [0.2, 0.25) is 0 Å². The predicted octanol–water partition coefficient (Wildman–Crippen LogP) is 0.601. The van der Waals surface area contributed by atoms with Gasteiger partial charge in [-0.25, -0.2) is 4.79 Å². The number of hydrogen-bond donors (Lipinski definition) is 3. The lowest BCUT2D eigenvalue weighted by Crippen LogP contribution is -2.49. The Labute approximate surface area is 170 Å². The molecule has 0 spiro atoms. The first-order chi connectivity index (χ1) is 14.0. The minimum atomic E-state index is -0.465. The topological polar surface area (TPSA) is 130 Å². The molecule has 1 unspecified atom stereocenters. The standard InChI is InChI=1S/C20H30N6O3/c21-20(29)26-11-1-2-15(13-26)19(28)25-16-5-3-14(4-6-16)18(27)24-8-7-17-12-22-9-10-23-17/h9-10,12,14-16H,1-8,11,13H2,(H2,21,29)(H,24,27)(H,25,28). The molecule has 158 valence electrons. The molecule has 3 rings (SSSR count). The van der Waals surface area contributed by atoms with Crippen LogP contribution < -0.4 is 16.4 Å². The third kappa shape index (κ3) is 6.13. The predicted molar refractivity (Wildman–Crippen MR) is 107 cm³/mol. The van der Waals surface area contributed by atoms with Gasteiger partial charge in [0.05, 0.1) is 11.6 Å². The maximum Gasteiger partial charge on any atom is 0.314 e. The molecule has 2 aliphatic rings. The monoisotopic (exact) mass is 402 g/mol. The molecule has 1 aromatic rings. The number of likely N-dealkylation sites (tertiary alicyclic amines) is 1. The van der Waals surface area contributed by atoms with Crippen molar-refractivity contribution >= 4 is 17.8 Å². The summed E-state index contributed by atoms with van der Waals surface area (Å²) in [5.74, 6) is -0.140. The quantitative estimate of drug-likeness (QED) is 0.641. The molecule has 1 aromatic heterocycles. The minimum absolute atomic E-state index is 0.00665. The Morgan fingerprint density at radius 2 is 1.86 bits per heavy atom. The second-order valence-corrected chi connectivity index (χ2v) is 7.92. The van der Waals surface area contributed by atoms with Crippen LogP contribution >= 0.6 is 0 Å². The van der Waals surface area contributed by atoms with E-state index in [0.29, 0.717) is 26.1 Å². The first-order valence-corrected chi connectivity index (χ1v) is 10.4. The number of carbonyl (C=O) groups is 3. The van der Waals surface area contributed by atoms with Crippen LogP contribution in [0.15, 0.2) is 18.6 Å². The number of urea groups is 1. The molecule has 29 heavy (non-hydrogen) atoms. The van der Waals surface area contributed by atoms with Gasteiger partial charge in [-0.15, -0.1) is 0 Å². The largest absolute Gasteiger partial charge is 0.355 e. The van der Waals surface area contributed by atoms with E-state index in [0.717, 1.165) is 44.2 Å². The second kappa shape index (κ2) is 10.2. The molecule has 1 saturated heterocycles. The number of rotatable bonds is 6. The smallest absolute Gasteiger partial charge is 0.314 e. The van der Waals surface area contributed by atoms with Crippen LogP contribution in [0.4, 0.5) is 4.79 Å². The van der Waals surface area contributed by atoms with Gasteiger partial charge in [-0.1, -0.05) is 0 Å². The van der Waals surface area contributed by atoms with Crippen molar-refractivity contribution in [2.75, 3.05) is 19.6 Å². The van der Waals surface area contributed by atoms with Crippen molar-refractivity contribution in [3.05, 3.63) is 24.3 Å². The normalized spacial score (nSPS) is 24.6. The van der Waals surface area contributed by atoms with Crippen LogP contribution in [-0.4, -0.2) is 58.4 Å². The molecular weight excluding hydrogens is 372 g/mol. The van der Waals surface area contributed by atoms with Crippen LogP contribution in [-0.2, 0) is 16.0 Å². The lowest BCUT2D eigenvalue weighted by Gasteiger charge is -2.33. The second-order valence-electron chi connectivity index (χ2n) is 7.92. The highest BCUT2D eigenvalue weighted by molar-refractivity contribution is 5.81. The van der Waals surface area contributed by atoms with E-state index < -0.39 is 6.03 Å². The van der Waals surface area contributed by atoms with E-state index >= 15 is 0 Å². The summed E-state index contributed by atoms with van der Waals surface area (Å²) in [6.45, 7) is 1.56. The zero-order valence-corrected chi connectivity index (χ0v) is 16.7. The van der Waals surface area contributed by atoms with Crippen molar-refractivity contribution < 1.29 is 14.4 Å². The van der Waals surface area contributed by atoms with E-state index in [1.54, 1.807) is 18.6 Å². The van der Waals surface area contributed by atoms with Crippen molar-refractivity contribution in [1.29, 1.82) is 0 Å². The molecule has 1 saturated carbocycles. The molecule has 0 aromatic carbocycles. The van der Waals surface area contributed by atoms with Crippen LogP contribution in [0.3, 0.4) is 0 Å². The van der Waals surface area contributed by atoms with E-state index in [-0.39, 0.29) is 29.7 Å². The maximum absolute atomic E-state index is 12.5. The summed E-state index contributed by atoms with van der Waals surface area (Å²) in [6.07, 6.45) is 10.3. The number of carbonyl (C=O) groups excluding carboxylic acids is 3. The summed E-state index contributed by atoms with van der Waals surface area (Å²) in [4.78, 5) is 46.0. The molecular formula is C20H30N6O3. The van der Waals surface area contributed by atoms with E-state index in [9.17, 15) is 14.4 Å². The Morgan fingerprint density at radius 1 is 1.07 bits per heavy atom. The minimum Gasteiger partial charge on any atom is -0.355 e. The van der Waals surface area contributed by atoms with Crippen LogP contribution in [0.25, 0.3) is 0 Å². The molecule has 2 fully saturated rings. The summed E-state index contributed by atoms with van der Waals surface area (Å²) in [5, 5.41) is 6.09. The molecule has 0 radical (unpaired) electrons. The summed E-state index contributed by atoms with van der Waals surface area (Å²) >= 11 is 0. The molecule has 1 aliphatic carbocycles. The zero-order valence-electron chi connectivity index (χ0n) is 16.7. The zero-order chi connectivity index (χ0) is 20.6. The number of amides is 4. The van der Waals surface area contributed by atoms with Gasteiger partial charge in [0.1, 0.15) is 0 Å². The molecule has 4 N–H and O–H groups in total. The van der Waals surface area contributed by atoms with E-state index in [2.05, 4.69) is 20.6 Å². The first kappa shape index (κ1) is 21.0. The maximum atomic E-state index is 12.5. The highest BCUT2D eigenvalue weighted by Crippen LogP contribution is 2.25. The molecule has 0 bridgehead atoms. The number of primary amides is 1. The highest BCUT2D eigenvalue weighted by Gasteiger charge is 2.31. The van der Waals surface area contributed by atoms with Gasteiger partial charge in [0.25, 0.3) is 0 Å². The summed E-state index contributed by atoms with van der Waals surface area (Å²) in [6, 6.07) is -0.372. The Balaban J connectivity index is 1.36. The summed E-state index contributed by atoms with van der Waals surface area (Å²) in [7, 11) is 0. The lowest BCUT2D eigenvalue weighted by molar-refractivity contribution is -0.127. The average Bonchev–Trinajstić information content (AvgIpc) is 2.75. The van der Waals surface area contributed by atoms with Gasteiger partial charge in [-0.3, -0.25) is 19.6 Å². The van der Waals surface area contributed by atoms with Crippen molar-refractivity contribution in [3.8, 4) is 0 Å². The fourth-order valence-electron chi connectivity index (χ4n) is 4.13. The van der Waals surface area contributed by atoms with Gasteiger partial charge in [-0.05, 0) is 38.5 Å². The van der Waals surface area contributed by atoms with E-state index in [1.807, 2.05) is 0 Å². The average molecular weight is 402 g/mol. The summed E-state index contributed by atoms with van der Waals surface area (Å²) in [5.41, 5.74) is 6.19. The number of aromatic nitrogens is 2. The fourth-order valence-corrected chi connectivity index (χ4v) is 4.13. The SMILES string of the molecule is NC(=O)N1CCCC(C(=O)NC2CCC(C(=O)NCCc3cnccn3)CC2)C1. The Morgan fingerprint density at radius 3 is 2.55 bits per heavy atom. The van der Waals surface area contributed by atoms with Gasteiger partial charge in [0.2, 0.25) is 11.8 Å². The van der Waals surface area contributed by atoms with Crippen LogP contribution in [0.5, 0.6) is 0 Å². The van der Waals surface area contributed by atoms with Gasteiger partial charge < -0.3 is 21.3 Å². The molecule has 1 aliphatic heterocycles. The number of piperidine rings is 1. The van der Waals surface area contributed by atoms with E-state index in [4.69, 9.17) is 5.73 Å². The van der Waals surface area contributed by atoms with Crippen LogP contribution in [0, 0.1) is 11.8 Å². The van der Waals surface area contributed by atoms with Crippen molar-refractivity contribution in [1.82, 2.24) is 25.5 Å². The van der Waals surface area contributed by atoms with Gasteiger partial charge >= 0.3 is 6.03 Å². The van der Waals surface area contributed by atoms with Gasteiger partial charge in [-0.2, -0.15) is 0 Å². The third-order valence-corrected chi connectivity index (χ3v) is 5.85. The molecule has 9 heteroatoms. The molecule has 1 atom stereocenters. The number of hydrogen-bond acceptors (Lipinski definition) is 5. The van der Waals surface area contributed by atoms with Crippen molar-refractivity contribution in [3.63, 3.8) is 0 Å². The number of nitrogens with zero attached hydrogens (tertiary/aromatic N) is 3. The third-order valence-electron chi connectivity index (χ3n) is 5.85. The van der Waals surface area contributed by atoms with Crippen LogP contribution in [0.1, 0.15) is 44.2 Å². The number of nitrogens with two attached hydrogens (primary N) is 1. The fraction of sp³-hybridized carbons (Fsp3) is 0.650. The highest BCUT2D eigenvalue weighted by atomic mass is 16.2. The molecule has 2 heterocycles. The van der Waals surface area contributed by atoms with E-state index in [1.165, 1.54) is 4.90 Å².